The van der Waals surface area contributed by atoms with E-state index in [1.54, 1.807) is 0 Å². The first-order valence-corrected chi connectivity index (χ1v) is 11.6. The lowest BCUT2D eigenvalue weighted by molar-refractivity contribution is -0.135. The van der Waals surface area contributed by atoms with Crippen molar-refractivity contribution in [3.8, 4) is 0 Å². The first-order valence-electron chi connectivity index (χ1n) is 11.6. The summed E-state index contributed by atoms with van der Waals surface area (Å²) in [5.41, 5.74) is 10.2. The quantitative estimate of drug-likeness (QED) is 0.310. The van der Waals surface area contributed by atoms with Crippen LogP contribution >= 0.6 is 0 Å². The molecule has 0 radical (unpaired) electrons. The molecule has 0 aliphatic carbocycles. The lowest BCUT2D eigenvalue weighted by atomic mass is 9.56. The molecular formula is C24H48N4O3. The third-order valence-corrected chi connectivity index (χ3v) is 6.71. The molecule has 182 valence electrons. The van der Waals surface area contributed by atoms with Crippen LogP contribution in [0, 0.1) is 28.1 Å². The van der Waals surface area contributed by atoms with E-state index in [2.05, 4.69) is 59.1 Å². The van der Waals surface area contributed by atoms with Crippen molar-refractivity contribution in [3.63, 3.8) is 0 Å². The van der Waals surface area contributed by atoms with Gasteiger partial charge in [0.25, 0.3) is 0 Å². The van der Waals surface area contributed by atoms with Crippen LogP contribution in [0.4, 0.5) is 0 Å². The number of unbranched alkanes of at least 4 members (excludes halogenated alkanes) is 2. The number of amides is 3. The summed E-state index contributed by atoms with van der Waals surface area (Å²) in [6.07, 6.45) is 4.02. The second-order valence-corrected chi connectivity index (χ2v) is 11.3. The Morgan fingerprint density at radius 3 is 1.81 bits per heavy atom. The van der Waals surface area contributed by atoms with Gasteiger partial charge >= 0.3 is 0 Å². The van der Waals surface area contributed by atoms with Crippen LogP contribution in [0.2, 0.25) is 0 Å². The Labute approximate surface area is 189 Å². The van der Waals surface area contributed by atoms with Crippen LogP contribution in [0.5, 0.6) is 0 Å². The third kappa shape index (κ3) is 10.5. The maximum Gasteiger partial charge on any atom is 0.233 e. The van der Waals surface area contributed by atoms with Crippen LogP contribution in [0.1, 0.15) is 87.5 Å². The van der Waals surface area contributed by atoms with Gasteiger partial charge in [-0.05, 0) is 48.3 Å². The van der Waals surface area contributed by atoms with Gasteiger partial charge in [-0.2, -0.15) is 0 Å². The molecular weight excluding hydrogens is 392 g/mol. The van der Waals surface area contributed by atoms with E-state index >= 15 is 0 Å². The summed E-state index contributed by atoms with van der Waals surface area (Å²) in [7, 11) is 0. The van der Waals surface area contributed by atoms with E-state index in [0.717, 1.165) is 25.7 Å². The first-order chi connectivity index (χ1) is 14.0. The molecule has 7 heteroatoms. The fourth-order valence-corrected chi connectivity index (χ4v) is 3.95. The van der Waals surface area contributed by atoms with Gasteiger partial charge in [0.15, 0.2) is 0 Å². The van der Waals surface area contributed by atoms with Gasteiger partial charge in [-0.25, -0.2) is 0 Å². The molecule has 0 saturated heterocycles. The first kappa shape index (κ1) is 29.4. The Bertz CT molecular complexity index is 594. The van der Waals surface area contributed by atoms with Crippen LogP contribution in [-0.2, 0) is 14.4 Å². The van der Waals surface area contributed by atoms with Gasteiger partial charge in [-0.3, -0.25) is 14.4 Å². The minimum Gasteiger partial charge on any atom is -0.369 e. The van der Waals surface area contributed by atoms with Gasteiger partial charge < -0.3 is 22.1 Å². The topological polar surface area (TPSA) is 127 Å². The summed E-state index contributed by atoms with van der Waals surface area (Å²) < 4.78 is 0. The molecule has 0 spiro atoms. The third-order valence-electron chi connectivity index (χ3n) is 6.71. The molecule has 0 saturated carbocycles. The monoisotopic (exact) mass is 440 g/mol. The van der Waals surface area contributed by atoms with Gasteiger partial charge in [0.05, 0.1) is 6.54 Å². The number of rotatable bonds is 14. The van der Waals surface area contributed by atoms with Gasteiger partial charge in [0, 0.05) is 24.9 Å². The van der Waals surface area contributed by atoms with E-state index in [-0.39, 0.29) is 52.3 Å². The van der Waals surface area contributed by atoms with Gasteiger partial charge in [0.1, 0.15) is 0 Å². The minimum atomic E-state index is -0.333. The summed E-state index contributed by atoms with van der Waals surface area (Å²) in [4.78, 5) is 36.1. The van der Waals surface area contributed by atoms with Crippen LogP contribution in [0.15, 0.2) is 0 Å². The zero-order valence-electron chi connectivity index (χ0n) is 21.2. The Balaban J connectivity index is 5.06. The molecule has 0 fully saturated rings. The molecule has 7 nitrogen and oxygen atoms in total. The highest BCUT2D eigenvalue weighted by Gasteiger charge is 2.47. The SMILES string of the molecule is CC(CC(C)(C)C(C)(C)C(CC(C)(C)C)C(=O)NCCCCCNC(=O)CN)C(N)=O. The molecule has 2 unspecified atom stereocenters. The van der Waals surface area contributed by atoms with Crippen LogP contribution < -0.4 is 22.1 Å². The van der Waals surface area contributed by atoms with Crippen molar-refractivity contribution in [2.45, 2.75) is 87.5 Å². The number of carbonyl (C=O) groups is 3. The minimum absolute atomic E-state index is 0.00808. The fourth-order valence-electron chi connectivity index (χ4n) is 3.95. The summed E-state index contributed by atoms with van der Waals surface area (Å²) in [5.74, 6) is -0.813. The highest BCUT2D eigenvalue weighted by molar-refractivity contribution is 5.80. The number of carbonyl (C=O) groups excluding carboxylic acids is 3. The average molecular weight is 441 g/mol. The summed E-state index contributed by atoms with van der Waals surface area (Å²) in [5, 5.41) is 5.88. The Morgan fingerprint density at radius 1 is 0.839 bits per heavy atom. The van der Waals surface area contributed by atoms with Crippen molar-refractivity contribution in [3.05, 3.63) is 0 Å². The van der Waals surface area contributed by atoms with E-state index in [1.165, 1.54) is 0 Å². The molecule has 0 aromatic carbocycles. The standard InChI is InChI=1S/C24H48N4O3/c1-17(20(26)30)14-23(5,6)24(7,8)18(15-22(2,3)4)21(31)28-13-11-9-10-12-27-19(29)16-25/h17-18H,9-16,25H2,1-8H3,(H2,26,30)(H,27,29)(H,28,31). The number of nitrogens with one attached hydrogen (secondary N) is 2. The number of hydrogen-bond acceptors (Lipinski definition) is 4. The van der Waals surface area contributed by atoms with E-state index in [0.29, 0.717) is 19.5 Å². The molecule has 0 heterocycles. The maximum atomic E-state index is 13.3. The average Bonchev–Trinajstić information content (AvgIpc) is 2.63. The maximum absolute atomic E-state index is 13.3. The molecule has 2 atom stereocenters. The molecule has 6 N–H and O–H groups in total. The fraction of sp³-hybridized carbons (Fsp3) is 0.875. The Hall–Kier alpha value is -1.63. The molecule has 0 bridgehead atoms. The van der Waals surface area contributed by atoms with Gasteiger partial charge in [-0.1, -0.05) is 55.4 Å². The molecule has 0 aromatic rings. The zero-order valence-corrected chi connectivity index (χ0v) is 21.2. The normalized spacial score (nSPS) is 14.6. The second-order valence-electron chi connectivity index (χ2n) is 11.3. The highest BCUT2D eigenvalue weighted by atomic mass is 16.2. The Morgan fingerprint density at radius 2 is 1.35 bits per heavy atom. The van der Waals surface area contributed by atoms with Gasteiger partial charge in [0.2, 0.25) is 17.7 Å². The van der Waals surface area contributed by atoms with Crippen molar-refractivity contribution in [2.24, 2.45) is 39.5 Å². The van der Waals surface area contributed by atoms with E-state index in [1.807, 2.05) is 6.92 Å². The van der Waals surface area contributed by atoms with E-state index in [9.17, 15) is 14.4 Å². The molecule has 0 aromatic heterocycles. The van der Waals surface area contributed by atoms with Crippen molar-refractivity contribution < 1.29 is 14.4 Å². The van der Waals surface area contributed by atoms with Crippen LogP contribution in [0.3, 0.4) is 0 Å². The van der Waals surface area contributed by atoms with Crippen LogP contribution in [-0.4, -0.2) is 37.4 Å². The molecule has 0 aliphatic rings. The van der Waals surface area contributed by atoms with Crippen LogP contribution in [0.25, 0.3) is 0 Å². The molecule has 31 heavy (non-hydrogen) atoms. The lowest BCUT2D eigenvalue weighted by Gasteiger charge is -2.49. The smallest absolute Gasteiger partial charge is 0.233 e. The summed E-state index contributed by atoms with van der Waals surface area (Å²) in [6, 6.07) is 0. The van der Waals surface area contributed by atoms with Crippen molar-refractivity contribution in [1.29, 1.82) is 0 Å². The number of primary amides is 1. The van der Waals surface area contributed by atoms with Crippen molar-refractivity contribution in [2.75, 3.05) is 19.6 Å². The zero-order chi connectivity index (χ0) is 24.5. The largest absolute Gasteiger partial charge is 0.369 e. The number of hydrogen-bond donors (Lipinski definition) is 4. The predicted octanol–water partition coefficient (Wildman–Crippen LogP) is 2.96. The lowest BCUT2D eigenvalue weighted by Crippen LogP contribution is -2.49. The van der Waals surface area contributed by atoms with Crippen molar-refractivity contribution in [1.82, 2.24) is 10.6 Å². The van der Waals surface area contributed by atoms with E-state index < -0.39 is 0 Å². The summed E-state index contributed by atoms with van der Waals surface area (Å²) >= 11 is 0. The highest BCUT2D eigenvalue weighted by Crippen LogP contribution is 2.51. The molecule has 3 amide bonds. The van der Waals surface area contributed by atoms with Crippen molar-refractivity contribution >= 4 is 17.7 Å². The van der Waals surface area contributed by atoms with E-state index in [4.69, 9.17) is 11.5 Å². The Kier molecular flexibility index (Phi) is 11.8. The second kappa shape index (κ2) is 12.4. The predicted molar refractivity (Wildman–Crippen MR) is 127 cm³/mol. The van der Waals surface area contributed by atoms with Gasteiger partial charge in [-0.15, -0.1) is 0 Å². The molecule has 0 rings (SSSR count). The molecule has 0 aliphatic heterocycles. The summed E-state index contributed by atoms with van der Waals surface area (Å²) in [6.45, 7) is 18.1. The number of nitrogens with two attached hydrogens (primary N) is 2.